The van der Waals surface area contributed by atoms with Gasteiger partial charge in [-0.2, -0.15) is 0 Å². The maximum atomic E-state index is 5.41. The van der Waals surface area contributed by atoms with E-state index in [9.17, 15) is 0 Å². The average Bonchev–Trinajstić information content (AvgIpc) is 3.11. The maximum absolute atomic E-state index is 5.41. The van der Waals surface area contributed by atoms with Crippen molar-refractivity contribution in [3.8, 4) is 11.1 Å². The van der Waals surface area contributed by atoms with Gasteiger partial charge in [-0.25, -0.2) is 0 Å². The molecule has 0 saturated heterocycles. The number of fused-ring (bicyclic) bond motifs is 3. The number of benzene rings is 2. The Labute approximate surface area is 118 Å². The fourth-order valence-electron chi connectivity index (χ4n) is 2.99. The Hall–Kier alpha value is -2.32. The molecule has 1 aliphatic rings. The molecule has 1 aromatic heterocycles. The van der Waals surface area contributed by atoms with Crippen LogP contribution in [0.1, 0.15) is 22.9 Å². The molecule has 0 spiro atoms. The van der Waals surface area contributed by atoms with Crippen molar-refractivity contribution in [3.05, 3.63) is 83.8 Å². The second-order valence-corrected chi connectivity index (χ2v) is 5.07. The summed E-state index contributed by atoms with van der Waals surface area (Å²) < 4.78 is 5.41. The number of nitrogens with one attached hydrogen (secondary N) is 1. The van der Waals surface area contributed by atoms with Crippen molar-refractivity contribution in [3.63, 3.8) is 0 Å². The van der Waals surface area contributed by atoms with E-state index in [-0.39, 0.29) is 6.04 Å². The summed E-state index contributed by atoms with van der Waals surface area (Å²) in [4.78, 5) is 0. The fraction of sp³-hybridized carbons (Fsp3) is 0.111. The Bertz CT molecular complexity index is 685. The maximum Gasteiger partial charge on any atom is 0.117 e. The molecule has 0 radical (unpaired) electrons. The molecule has 1 N–H and O–H groups in total. The zero-order valence-corrected chi connectivity index (χ0v) is 11.0. The van der Waals surface area contributed by atoms with E-state index in [0.717, 1.165) is 12.3 Å². The van der Waals surface area contributed by atoms with Crippen molar-refractivity contribution in [1.82, 2.24) is 5.32 Å². The van der Waals surface area contributed by atoms with Crippen LogP contribution < -0.4 is 5.32 Å². The lowest BCUT2D eigenvalue weighted by atomic mass is 10.1. The van der Waals surface area contributed by atoms with Crippen LogP contribution in [0, 0.1) is 0 Å². The largest absolute Gasteiger partial charge is 0.468 e. The molecule has 2 nitrogen and oxygen atoms in total. The van der Waals surface area contributed by atoms with E-state index in [1.807, 2.05) is 12.1 Å². The molecule has 20 heavy (non-hydrogen) atoms. The van der Waals surface area contributed by atoms with E-state index in [1.54, 1.807) is 6.26 Å². The van der Waals surface area contributed by atoms with Gasteiger partial charge in [0.05, 0.1) is 18.8 Å². The molecule has 0 bridgehead atoms. The average molecular weight is 261 g/mol. The van der Waals surface area contributed by atoms with Gasteiger partial charge in [-0.15, -0.1) is 0 Å². The third kappa shape index (κ3) is 1.77. The topological polar surface area (TPSA) is 25.2 Å². The molecule has 0 fully saturated rings. The molecule has 4 rings (SSSR count). The first-order valence-corrected chi connectivity index (χ1v) is 6.87. The highest BCUT2D eigenvalue weighted by atomic mass is 16.3. The standard InChI is InChI=1S/C18H15NO/c1-3-9-16-14(7-1)15-8-2-4-10-17(15)18(16)19-12-13-6-5-11-20-13/h1-11,18-19H,12H2. The number of hydrogen-bond acceptors (Lipinski definition) is 2. The van der Waals surface area contributed by atoms with Crippen LogP contribution in [-0.4, -0.2) is 0 Å². The minimum Gasteiger partial charge on any atom is -0.468 e. The minimum absolute atomic E-state index is 0.243. The molecule has 0 atom stereocenters. The zero-order chi connectivity index (χ0) is 13.4. The van der Waals surface area contributed by atoms with Crippen LogP contribution in [0.15, 0.2) is 71.3 Å². The second-order valence-electron chi connectivity index (χ2n) is 5.07. The Morgan fingerprint density at radius 1 is 0.800 bits per heavy atom. The van der Waals surface area contributed by atoms with Gasteiger partial charge in [-0.1, -0.05) is 48.5 Å². The normalized spacial score (nSPS) is 13.2. The van der Waals surface area contributed by atoms with Crippen LogP contribution in [0.2, 0.25) is 0 Å². The monoisotopic (exact) mass is 261 g/mol. The molecule has 2 aromatic carbocycles. The van der Waals surface area contributed by atoms with Gasteiger partial charge in [0.2, 0.25) is 0 Å². The molecule has 98 valence electrons. The van der Waals surface area contributed by atoms with Gasteiger partial charge in [0.25, 0.3) is 0 Å². The van der Waals surface area contributed by atoms with Crippen LogP contribution >= 0.6 is 0 Å². The summed E-state index contributed by atoms with van der Waals surface area (Å²) >= 11 is 0. The number of furan rings is 1. The molecule has 0 unspecified atom stereocenters. The lowest BCUT2D eigenvalue weighted by molar-refractivity contribution is 0.470. The van der Waals surface area contributed by atoms with E-state index in [4.69, 9.17) is 4.42 Å². The van der Waals surface area contributed by atoms with E-state index >= 15 is 0 Å². The summed E-state index contributed by atoms with van der Waals surface area (Å²) in [7, 11) is 0. The highest BCUT2D eigenvalue weighted by molar-refractivity contribution is 5.78. The molecule has 0 amide bonds. The van der Waals surface area contributed by atoms with Gasteiger partial charge < -0.3 is 4.42 Å². The summed E-state index contributed by atoms with van der Waals surface area (Å²) in [5.41, 5.74) is 5.36. The fourth-order valence-corrected chi connectivity index (χ4v) is 2.99. The van der Waals surface area contributed by atoms with E-state index in [2.05, 4.69) is 53.8 Å². The van der Waals surface area contributed by atoms with Crippen molar-refractivity contribution in [2.24, 2.45) is 0 Å². The van der Waals surface area contributed by atoms with Gasteiger partial charge >= 0.3 is 0 Å². The first-order chi connectivity index (χ1) is 9.93. The molecule has 3 aromatic rings. The number of rotatable bonds is 3. The predicted octanol–water partition coefficient (Wildman–Crippen LogP) is 4.14. The Morgan fingerprint density at radius 3 is 2.05 bits per heavy atom. The molecule has 0 saturated carbocycles. The predicted molar refractivity (Wildman–Crippen MR) is 79.3 cm³/mol. The van der Waals surface area contributed by atoms with Crippen LogP contribution in [0.5, 0.6) is 0 Å². The highest BCUT2D eigenvalue weighted by Crippen LogP contribution is 2.43. The first kappa shape index (κ1) is 11.5. The quantitative estimate of drug-likeness (QED) is 0.766. The molecule has 1 heterocycles. The van der Waals surface area contributed by atoms with Gasteiger partial charge in [0.1, 0.15) is 5.76 Å². The Kier molecular flexibility index (Phi) is 2.68. The van der Waals surface area contributed by atoms with Crippen molar-refractivity contribution in [2.75, 3.05) is 0 Å². The summed E-state index contributed by atoms with van der Waals surface area (Å²) in [5, 5.41) is 3.60. The molecular formula is C18H15NO. The van der Waals surface area contributed by atoms with Gasteiger partial charge in [-0.05, 0) is 34.4 Å². The highest BCUT2D eigenvalue weighted by Gasteiger charge is 2.27. The number of hydrogen-bond donors (Lipinski definition) is 1. The molecular weight excluding hydrogens is 246 g/mol. The van der Waals surface area contributed by atoms with Crippen molar-refractivity contribution < 1.29 is 4.42 Å². The molecule has 0 aliphatic heterocycles. The van der Waals surface area contributed by atoms with Crippen LogP contribution in [0.25, 0.3) is 11.1 Å². The van der Waals surface area contributed by atoms with Crippen LogP contribution in [-0.2, 0) is 6.54 Å². The lowest BCUT2D eigenvalue weighted by Crippen LogP contribution is -2.19. The second kappa shape index (κ2) is 4.66. The van der Waals surface area contributed by atoms with E-state index in [1.165, 1.54) is 22.3 Å². The zero-order valence-electron chi connectivity index (χ0n) is 11.0. The van der Waals surface area contributed by atoms with Crippen LogP contribution in [0.4, 0.5) is 0 Å². The SMILES string of the molecule is c1coc(CNC2c3ccccc3-c3ccccc32)c1. The van der Waals surface area contributed by atoms with Crippen LogP contribution in [0.3, 0.4) is 0 Å². The Morgan fingerprint density at radius 2 is 1.45 bits per heavy atom. The van der Waals surface area contributed by atoms with E-state index in [0.29, 0.717) is 0 Å². The third-order valence-electron chi connectivity index (χ3n) is 3.89. The van der Waals surface area contributed by atoms with E-state index < -0.39 is 0 Å². The lowest BCUT2D eigenvalue weighted by Gasteiger charge is -2.14. The summed E-state index contributed by atoms with van der Waals surface area (Å²) in [5.74, 6) is 0.965. The molecule has 2 heteroatoms. The van der Waals surface area contributed by atoms with Crippen molar-refractivity contribution >= 4 is 0 Å². The third-order valence-corrected chi connectivity index (χ3v) is 3.89. The van der Waals surface area contributed by atoms with Crippen molar-refractivity contribution in [1.29, 1.82) is 0 Å². The summed E-state index contributed by atoms with van der Waals surface area (Å²) in [6, 6.07) is 21.4. The minimum atomic E-state index is 0.243. The van der Waals surface area contributed by atoms with Gasteiger partial charge in [-0.3, -0.25) is 5.32 Å². The van der Waals surface area contributed by atoms with Gasteiger partial charge in [0.15, 0.2) is 0 Å². The summed E-state index contributed by atoms with van der Waals surface area (Å²) in [6.07, 6.45) is 1.72. The smallest absolute Gasteiger partial charge is 0.117 e. The van der Waals surface area contributed by atoms with Crippen molar-refractivity contribution in [2.45, 2.75) is 12.6 Å². The molecule has 1 aliphatic carbocycles. The van der Waals surface area contributed by atoms with Gasteiger partial charge in [0, 0.05) is 0 Å². The summed E-state index contributed by atoms with van der Waals surface area (Å²) in [6.45, 7) is 0.736. The Balaban J connectivity index is 1.72. The first-order valence-electron chi connectivity index (χ1n) is 6.87.